The summed E-state index contributed by atoms with van der Waals surface area (Å²) >= 11 is 0. The minimum Gasteiger partial charge on any atom is -0.329 e. The second-order valence-corrected chi connectivity index (χ2v) is 6.57. The lowest BCUT2D eigenvalue weighted by Crippen LogP contribution is -2.49. The van der Waals surface area contributed by atoms with E-state index < -0.39 is 0 Å². The Hall–Kier alpha value is -2.72. The fourth-order valence-corrected chi connectivity index (χ4v) is 3.55. The topological polar surface area (TPSA) is 36.4 Å². The van der Waals surface area contributed by atoms with Gasteiger partial charge in [0, 0.05) is 31.2 Å². The van der Waals surface area contributed by atoms with Crippen LogP contribution in [0.2, 0.25) is 0 Å². The molecule has 0 bridgehead atoms. The van der Waals surface area contributed by atoms with Gasteiger partial charge in [0.2, 0.25) is 0 Å². The van der Waals surface area contributed by atoms with Gasteiger partial charge in [0.1, 0.15) is 0 Å². The maximum absolute atomic E-state index is 13.4. The third kappa shape index (κ3) is 3.01. The second-order valence-electron chi connectivity index (χ2n) is 6.57. The number of nitrogens with zero attached hydrogens (tertiary/aromatic N) is 3. The van der Waals surface area contributed by atoms with Crippen LogP contribution in [0.1, 0.15) is 22.0 Å². The van der Waals surface area contributed by atoms with Crippen molar-refractivity contribution in [2.75, 3.05) is 26.7 Å². The van der Waals surface area contributed by atoms with Crippen molar-refractivity contribution >= 4 is 16.8 Å². The second kappa shape index (κ2) is 6.65. The van der Waals surface area contributed by atoms with Crippen molar-refractivity contribution in [1.29, 1.82) is 0 Å². The van der Waals surface area contributed by atoms with Gasteiger partial charge >= 0.3 is 0 Å². The average Bonchev–Trinajstić information content (AvgIpc) is 2.67. The molecule has 1 aliphatic heterocycles. The third-order valence-electron chi connectivity index (χ3n) is 4.89. The molecule has 4 rings (SSSR count). The number of hydrogen-bond donors (Lipinski definition) is 0. The highest BCUT2D eigenvalue weighted by molar-refractivity contribution is 6.05. The largest absolute Gasteiger partial charge is 0.329 e. The lowest BCUT2D eigenvalue weighted by atomic mass is 10.0. The summed E-state index contributed by atoms with van der Waals surface area (Å²) in [6.07, 6.45) is 1.75. The fraction of sp³-hybridized carbons (Fsp3) is 0.238. The van der Waals surface area contributed by atoms with Crippen LogP contribution in [0.3, 0.4) is 0 Å². The van der Waals surface area contributed by atoms with Crippen molar-refractivity contribution in [1.82, 2.24) is 14.8 Å². The smallest absolute Gasteiger partial charge is 0.256 e. The van der Waals surface area contributed by atoms with Crippen molar-refractivity contribution in [3.8, 4) is 0 Å². The number of piperazine rings is 1. The minimum atomic E-state index is 0.0613. The highest BCUT2D eigenvalue weighted by Crippen LogP contribution is 2.28. The molecule has 126 valence electrons. The van der Waals surface area contributed by atoms with Gasteiger partial charge in [-0.3, -0.25) is 9.78 Å². The number of fused-ring (bicyclic) bond motifs is 1. The Bertz CT molecular complexity index is 889. The molecule has 1 atom stereocenters. The number of amides is 1. The zero-order chi connectivity index (χ0) is 17.2. The van der Waals surface area contributed by atoms with Gasteiger partial charge in [-0.05, 0) is 24.7 Å². The molecule has 2 aromatic carbocycles. The van der Waals surface area contributed by atoms with Crippen LogP contribution in [0.25, 0.3) is 10.9 Å². The fourth-order valence-electron chi connectivity index (χ4n) is 3.55. The molecule has 1 amide bonds. The number of pyridine rings is 1. The van der Waals surface area contributed by atoms with Crippen molar-refractivity contribution in [2.45, 2.75) is 6.04 Å². The van der Waals surface area contributed by atoms with Crippen LogP contribution in [0, 0.1) is 0 Å². The Morgan fingerprint density at radius 1 is 1.00 bits per heavy atom. The average molecular weight is 331 g/mol. The van der Waals surface area contributed by atoms with E-state index in [1.807, 2.05) is 53.4 Å². The van der Waals surface area contributed by atoms with Crippen molar-refractivity contribution in [2.24, 2.45) is 0 Å². The summed E-state index contributed by atoms with van der Waals surface area (Å²) < 4.78 is 0. The lowest BCUT2D eigenvalue weighted by molar-refractivity contribution is 0.0500. The first-order chi connectivity index (χ1) is 12.2. The Balaban J connectivity index is 1.74. The van der Waals surface area contributed by atoms with Gasteiger partial charge in [-0.15, -0.1) is 0 Å². The number of para-hydroxylation sites is 1. The Morgan fingerprint density at radius 3 is 2.64 bits per heavy atom. The zero-order valence-corrected chi connectivity index (χ0v) is 14.3. The summed E-state index contributed by atoms with van der Waals surface area (Å²) in [7, 11) is 2.11. The van der Waals surface area contributed by atoms with E-state index in [1.54, 1.807) is 6.20 Å². The predicted octanol–water partition coefficient (Wildman–Crippen LogP) is 3.36. The van der Waals surface area contributed by atoms with Crippen LogP contribution in [-0.4, -0.2) is 47.4 Å². The third-order valence-corrected chi connectivity index (χ3v) is 4.89. The molecule has 3 aromatic rings. The molecule has 1 saturated heterocycles. The number of carbonyl (C=O) groups is 1. The molecule has 0 saturated carbocycles. The van der Waals surface area contributed by atoms with E-state index in [0.29, 0.717) is 5.56 Å². The lowest BCUT2D eigenvalue weighted by Gasteiger charge is -2.40. The molecular weight excluding hydrogens is 310 g/mol. The highest BCUT2D eigenvalue weighted by atomic mass is 16.2. The van der Waals surface area contributed by atoms with Crippen LogP contribution in [0.5, 0.6) is 0 Å². The van der Waals surface area contributed by atoms with Crippen molar-refractivity contribution in [3.05, 3.63) is 78.0 Å². The van der Waals surface area contributed by atoms with E-state index in [9.17, 15) is 4.79 Å². The van der Waals surface area contributed by atoms with Crippen LogP contribution in [-0.2, 0) is 0 Å². The molecule has 25 heavy (non-hydrogen) atoms. The number of rotatable bonds is 2. The monoisotopic (exact) mass is 331 g/mol. The van der Waals surface area contributed by atoms with Crippen LogP contribution >= 0.6 is 0 Å². The first kappa shape index (κ1) is 15.8. The molecule has 1 aliphatic rings. The number of likely N-dealkylation sites (N-methyl/N-ethyl adjacent to an activating group) is 1. The molecule has 1 aromatic heterocycles. The summed E-state index contributed by atoms with van der Waals surface area (Å²) in [5, 5.41) is 0.999. The van der Waals surface area contributed by atoms with E-state index in [1.165, 1.54) is 5.56 Å². The highest BCUT2D eigenvalue weighted by Gasteiger charge is 2.31. The number of benzene rings is 2. The van der Waals surface area contributed by atoms with E-state index in [-0.39, 0.29) is 11.9 Å². The summed E-state index contributed by atoms with van der Waals surface area (Å²) in [5.74, 6) is 0.0613. The minimum absolute atomic E-state index is 0.0613. The van der Waals surface area contributed by atoms with Gasteiger partial charge in [-0.1, -0.05) is 48.5 Å². The maximum Gasteiger partial charge on any atom is 0.256 e. The Kier molecular flexibility index (Phi) is 4.20. The predicted molar refractivity (Wildman–Crippen MR) is 99.5 cm³/mol. The van der Waals surface area contributed by atoms with Crippen LogP contribution in [0.15, 0.2) is 66.9 Å². The van der Waals surface area contributed by atoms with E-state index in [2.05, 4.69) is 29.1 Å². The van der Waals surface area contributed by atoms with Gasteiger partial charge in [0.05, 0.1) is 17.1 Å². The first-order valence-corrected chi connectivity index (χ1v) is 8.62. The number of carbonyl (C=O) groups excluding carboxylic acids is 1. The quantitative estimate of drug-likeness (QED) is 0.722. The molecule has 1 unspecified atom stereocenters. The SMILES string of the molecule is CN1CCN(C(=O)c2cccc3cccnc23)C(c2ccccc2)C1. The number of hydrogen-bond acceptors (Lipinski definition) is 3. The molecule has 0 aliphatic carbocycles. The Labute approximate surface area is 147 Å². The Morgan fingerprint density at radius 2 is 1.80 bits per heavy atom. The molecular formula is C21H21N3O. The van der Waals surface area contributed by atoms with Gasteiger partial charge in [-0.25, -0.2) is 0 Å². The standard InChI is InChI=1S/C21H21N3O/c1-23-13-14-24(19(15-23)16-7-3-2-4-8-16)21(25)18-11-5-9-17-10-6-12-22-20(17)18/h2-12,19H,13-15H2,1H3. The molecule has 4 nitrogen and oxygen atoms in total. The number of aromatic nitrogens is 1. The molecule has 1 fully saturated rings. The van der Waals surface area contributed by atoms with Crippen molar-refractivity contribution < 1.29 is 4.79 Å². The van der Waals surface area contributed by atoms with Crippen molar-refractivity contribution in [3.63, 3.8) is 0 Å². The van der Waals surface area contributed by atoms with Gasteiger partial charge in [0.15, 0.2) is 0 Å². The van der Waals surface area contributed by atoms with E-state index >= 15 is 0 Å². The van der Waals surface area contributed by atoms with E-state index in [0.717, 1.165) is 30.5 Å². The summed E-state index contributed by atoms with van der Waals surface area (Å²) in [5.41, 5.74) is 2.64. The van der Waals surface area contributed by atoms with Crippen LogP contribution < -0.4 is 0 Å². The molecule has 2 heterocycles. The molecule has 0 N–H and O–H groups in total. The van der Waals surface area contributed by atoms with E-state index in [4.69, 9.17) is 0 Å². The molecule has 0 spiro atoms. The van der Waals surface area contributed by atoms with Crippen LogP contribution in [0.4, 0.5) is 0 Å². The van der Waals surface area contributed by atoms with Gasteiger partial charge in [-0.2, -0.15) is 0 Å². The maximum atomic E-state index is 13.4. The molecule has 0 radical (unpaired) electrons. The zero-order valence-electron chi connectivity index (χ0n) is 14.3. The first-order valence-electron chi connectivity index (χ1n) is 8.62. The summed E-state index contributed by atoms with van der Waals surface area (Å²) in [4.78, 5) is 22.1. The molecule has 4 heteroatoms. The normalized spacial score (nSPS) is 18.4. The van der Waals surface area contributed by atoms with Gasteiger partial charge < -0.3 is 9.80 Å². The van der Waals surface area contributed by atoms with Gasteiger partial charge in [0.25, 0.3) is 5.91 Å². The summed E-state index contributed by atoms with van der Waals surface area (Å²) in [6.45, 7) is 2.44. The summed E-state index contributed by atoms with van der Waals surface area (Å²) in [6, 6.07) is 20.1.